The third kappa shape index (κ3) is 2.62. The Balaban J connectivity index is 2.33. The summed E-state index contributed by atoms with van der Waals surface area (Å²) in [6.45, 7) is 1.92. The van der Waals surface area contributed by atoms with Crippen molar-refractivity contribution in [2.45, 2.75) is 13.5 Å². The molecule has 0 bridgehead atoms. The van der Waals surface area contributed by atoms with Crippen LogP contribution in [-0.4, -0.2) is 15.5 Å². The Hall–Kier alpha value is -2.63. The highest BCUT2D eigenvalue weighted by Gasteiger charge is 2.10. The Morgan fingerprint density at radius 3 is 2.58 bits per heavy atom. The van der Waals surface area contributed by atoms with E-state index in [4.69, 9.17) is 0 Å². The van der Waals surface area contributed by atoms with Gasteiger partial charge in [0.25, 0.3) is 11.5 Å². The zero-order valence-corrected chi connectivity index (χ0v) is 10.3. The highest BCUT2D eigenvalue weighted by molar-refractivity contribution is 6.04. The predicted octanol–water partition coefficient (Wildman–Crippen LogP) is 0.809. The van der Waals surface area contributed by atoms with Gasteiger partial charge in [0.1, 0.15) is 5.69 Å². The zero-order valence-electron chi connectivity index (χ0n) is 10.3. The summed E-state index contributed by atoms with van der Waals surface area (Å²) in [5.74, 6) is -0.396. The van der Waals surface area contributed by atoms with E-state index in [1.165, 1.54) is 6.20 Å². The quantitative estimate of drug-likeness (QED) is 0.855. The molecule has 0 radical (unpaired) electrons. The van der Waals surface area contributed by atoms with Crippen LogP contribution in [0, 0.1) is 0 Å². The number of hydrogen-bond donors (Lipinski definition) is 2. The maximum atomic E-state index is 11.9. The molecule has 1 aromatic carbocycles. The standard InChI is InChI=1S/C13H13N3O3/c1-2-16-12(18)10(8-14-13(16)19)15-11(17)9-6-4-3-5-7-9/h3-8H,2H2,1H3,(H,14,19)(H,15,17). The van der Waals surface area contributed by atoms with E-state index in [1.807, 2.05) is 0 Å². The van der Waals surface area contributed by atoms with Gasteiger partial charge < -0.3 is 10.3 Å². The van der Waals surface area contributed by atoms with Crippen molar-refractivity contribution in [2.75, 3.05) is 5.32 Å². The lowest BCUT2D eigenvalue weighted by atomic mass is 10.2. The number of benzene rings is 1. The van der Waals surface area contributed by atoms with Crippen LogP contribution >= 0.6 is 0 Å². The summed E-state index contributed by atoms with van der Waals surface area (Å²) >= 11 is 0. The SMILES string of the molecule is CCn1c(=O)[nH]cc(NC(=O)c2ccccc2)c1=O. The summed E-state index contributed by atoms with van der Waals surface area (Å²) in [6, 6.07) is 8.53. The van der Waals surface area contributed by atoms with Gasteiger partial charge in [-0.05, 0) is 19.1 Å². The molecule has 0 aliphatic heterocycles. The lowest BCUT2D eigenvalue weighted by Gasteiger charge is -2.06. The van der Waals surface area contributed by atoms with E-state index in [0.717, 1.165) is 4.57 Å². The Morgan fingerprint density at radius 2 is 1.95 bits per heavy atom. The number of anilines is 1. The fourth-order valence-electron chi connectivity index (χ4n) is 1.67. The molecule has 98 valence electrons. The topological polar surface area (TPSA) is 84.0 Å². The molecule has 0 spiro atoms. The summed E-state index contributed by atoms with van der Waals surface area (Å²) in [4.78, 5) is 37.6. The van der Waals surface area contributed by atoms with Crippen LogP contribution in [0.3, 0.4) is 0 Å². The second-order valence-corrected chi connectivity index (χ2v) is 3.88. The minimum atomic E-state index is -0.518. The Labute approximate surface area is 108 Å². The molecule has 0 atom stereocenters. The summed E-state index contributed by atoms with van der Waals surface area (Å²) in [5, 5.41) is 2.49. The number of aromatic nitrogens is 2. The highest BCUT2D eigenvalue weighted by Crippen LogP contribution is 2.02. The van der Waals surface area contributed by atoms with Gasteiger partial charge in [0.15, 0.2) is 0 Å². The average molecular weight is 259 g/mol. The number of amides is 1. The number of nitrogens with one attached hydrogen (secondary N) is 2. The van der Waals surface area contributed by atoms with Crippen molar-refractivity contribution in [3.05, 3.63) is 62.9 Å². The molecular formula is C13H13N3O3. The van der Waals surface area contributed by atoms with Gasteiger partial charge in [0.2, 0.25) is 0 Å². The molecule has 0 saturated carbocycles. The van der Waals surface area contributed by atoms with Gasteiger partial charge in [0.05, 0.1) is 0 Å². The van der Waals surface area contributed by atoms with Crippen LogP contribution in [0.5, 0.6) is 0 Å². The smallest absolute Gasteiger partial charge is 0.316 e. The number of H-pyrrole nitrogens is 1. The largest absolute Gasteiger partial charge is 0.328 e. The minimum absolute atomic E-state index is 0.0512. The summed E-state index contributed by atoms with van der Waals surface area (Å²) in [5.41, 5.74) is -0.521. The van der Waals surface area contributed by atoms with Crippen LogP contribution in [0.1, 0.15) is 17.3 Å². The van der Waals surface area contributed by atoms with Gasteiger partial charge in [-0.25, -0.2) is 4.79 Å². The van der Waals surface area contributed by atoms with Crippen molar-refractivity contribution in [2.24, 2.45) is 0 Å². The molecule has 0 saturated heterocycles. The Bertz CT molecular complexity index is 701. The molecule has 0 aliphatic carbocycles. The van der Waals surface area contributed by atoms with E-state index in [1.54, 1.807) is 37.3 Å². The first-order valence-corrected chi connectivity index (χ1v) is 5.82. The van der Waals surface area contributed by atoms with E-state index >= 15 is 0 Å². The van der Waals surface area contributed by atoms with Gasteiger partial charge in [-0.2, -0.15) is 0 Å². The minimum Gasteiger partial charge on any atom is -0.316 e. The molecule has 0 aliphatic rings. The molecule has 2 N–H and O–H groups in total. The summed E-state index contributed by atoms with van der Waals surface area (Å²) in [6.07, 6.45) is 1.21. The maximum Gasteiger partial charge on any atom is 0.328 e. The zero-order chi connectivity index (χ0) is 13.8. The summed E-state index contributed by atoms with van der Waals surface area (Å²) in [7, 11) is 0. The van der Waals surface area contributed by atoms with Crippen molar-refractivity contribution in [1.82, 2.24) is 9.55 Å². The number of aromatic amines is 1. The van der Waals surface area contributed by atoms with Crippen LogP contribution in [-0.2, 0) is 6.54 Å². The second kappa shape index (κ2) is 5.34. The Morgan fingerprint density at radius 1 is 1.26 bits per heavy atom. The van der Waals surface area contributed by atoms with E-state index in [-0.39, 0.29) is 12.2 Å². The molecule has 6 nitrogen and oxygen atoms in total. The molecule has 2 aromatic rings. The molecule has 0 fully saturated rings. The molecule has 1 aromatic heterocycles. The molecule has 1 amide bonds. The normalized spacial score (nSPS) is 10.2. The first-order valence-electron chi connectivity index (χ1n) is 5.82. The fourth-order valence-corrected chi connectivity index (χ4v) is 1.67. The van der Waals surface area contributed by atoms with Gasteiger partial charge in [-0.15, -0.1) is 0 Å². The van der Waals surface area contributed by atoms with Crippen LogP contribution < -0.4 is 16.6 Å². The van der Waals surface area contributed by atoms with Crippen molar-refractivity contribution >= 4 is 11.6 Å². The Kier molecular flexibility index (Phi) is 3.61. The van der Waals surface area contributed by atoms with Gasteiger partial charge in [-0.3, -0.25) is 14.2 Å². The van der Waals surface area contributed by atoms with Crippen molar-refractivity contribution in [3.8, 4) is 0 Å². The van der Waals surface area contributed by atoms with Gasteiger partial charge in [-0.1, -0.05) is 18.2 Å². The lowest BCUT2D eigenvalue weighted by molar-refractivity contribution is 0.102. The third-order valence-electron chi connectivity index (χ3n) is 2.66. The van der Waals surface area contributed by atoms with Crippen molar-refractivity contribution < 1.29 is 4.79 Å². The third-order valence-corrected chi connectivity index (χ3v) is 2.66. The first-order chi connectivity index (χ1) is 9.13. The van der Waals surface area contributed by atoms with Crippen LogP contribution in [0.4, 0.5) is 5.69 Å². The number of hydrogen-bond acceptors (Lipinski definition) is 3. The van der Waals surface area contributed by atoms with Gasteiger partial charge in [0, 0.05) is 18.3 Å². The van der Waals surface area contributed by atoms with E-state index < -0.39 is 17.2 Å². The van der Waals surface area contributed by atoms with Crippen LogP contribution in [0.2, 0.25) is 0 Å². The average Bonchev–Trinajstić information content (AvgIpc) is 2.43. The molecule has 1 heterocycles. The molecule has 6 heteroatoms. The fraction of sp³-hybridized carbons (Fsp3) is 0.154. The monoisotopic (exact) mass is 259 g/mol. The number of carbonyl (C=O) groups is 1. The van der Waals surface area contributed by atoms with E-state index in [0.29, 0.717) is 5.56 Å². The molecule has 2 rings (SSSR count). The van der Waals surface area contributed by atoms with E-state index in [9.17, 15) is 14.4 Å². The van der Waals surface area contributed by atoms with Gasteiger partial charge >= 0.3 is 5.69 Å². The highest BCUT2D eigenvalue weighted by atomic mass is 16.2. The second-order valence-electron chi connectivity index (χ2n) is 3.88. The molecule has 19 heavy (non-hydrogen) atoms. The lowest BCUT2D eigenvalue weighted by Crippen LogP contribution is -2.36. The summed E-state index contributed by atoms with van der Waals surface area (Å²) < 4.78 is 1.01. The van der Waals surface area contributed by atoms with Crippen molar-refractivity contribution in [1.29, 1.82) is 0 Å². The van der Waals surface area contributed by atoms with Crippen LogP contribution in [0.15, 0.2) is 46.1 Å². The predicted molar refractivity (Wildman–Crippen MR) is 71.4 cm³/mol. The van der Waals surface area contributed by atoms with Crippen LogP contribution in [0.25, 0.3) is 0 Å². The number of nitrogens with zero attached hydrogens (tertiary/aromatic N) is 1. The first kappa shape index (κ1) is 12.8. The number of carbonyl (C=O) groups excluding carboxylic acids is 1. The van der Waals surface area contributed by atoms with E-state index in [2.05, 4.69) is 10.3 Å². The number of rotatable bonds is 3. The molecule has 0 unspecified atom stereocenters. The van der Waals surface area contributed by atoms with Crippen molar-refractivity contribution in [3.63, 3.8) is 0 Å². The molecular weight excluding hydrogens is 246 g/mol. The maximum absolute atomic E-state index is 11.9.